The van der Waals surface area contributed by atoms with Crippen LogP contribution in [-0.2, 0) is 9.53 Å². The Bertz CT molecular complexity index is 441. The van der Waals surface area contributed by atoms with Gasteiger partial charge in [0.1, 0.15) is 22.6 Å². The van der Waals surface area contributed by atoms with Crippen LogP contribution in [0.3, 0.4) is 0 Å². The van der Waals surface area contributed by atoms with E-state index >= 15 is 0 Å². The van der Waals surface area contributed by atoms with Crippen molar-refractivity contribution in [2.24, 2.45) is 0 Å². The van der Waals surface area contributed by atoms with Gasteiger partial charge in [-0.05, 0) is 47.8 Å². The van der Waals surface area contributed by atoms with Crippen LogP contribution in [0.25, 0.3) is 0 Å². The van der Waals surface area contributed by atoms with E-state index in [9.17, 15) is 4.79 Å². The van der Waals surface area contributed by atoms with Crippen LogP contribution in [0, 0.1) is 0 Å². The maximum absolute atomic E-state index is 10.9. The summed E-state index contributed by atoms with van der Waals surface area (Å²) in [6, 6.07) is 5.47. The van der Waals surface area contributed by atoms with Gasteiger partial charge in [-0.3, -0.25) is 4.79 Å². The fourth-order valence-electron chi connectivity index (χ4n) is 1.82. The van der Waals surface area contributed by atoms with Crippen LogP contribution in [-0.4, -0.2) is 25.3 Å². The number of carbonyl (C=O) groups is 1. The zero-order valence-corrected chi connectivity index (χ0v) is 12.4. The average Bonchev–Trinajstić information content (AvgIpc) is 2.41. The number of rotatable bonds is 5. The second-order valence-electron chi connectivity index (χ2n) is 4.47. The molecule has 0 spiro atoms. The molecule has 1 saturated heterocycles. The summed E-state index contributed by atoms with van der Waals surface area (Å²) in [6.45, 7) is 2.29. The zero-order chi connectivity index (χ0) is 13.7. The molecule has 5 heteroatoms. The lowest BCUT2D eigenvalue weighted by molar-refractivity contribution is -0.119. The Hall–Kier alpha value is -1.07. The van der Waals surface area contributed by atoms with E-state index in [0.29, 0.717) is 16.0 Å². The third kappa shape index (κ3) is 4.21. The highest BCUT2D eigenvalue weighted by Crippen LogP contribution is 2.35. The Morgan fingerprint density at radius 2 is 2.21 bits per heavy atom. The minimum Gasteiger partial charge on any atom is -0.485 e. The van der Waals surface area contributed by atoms with Crippen LogP contribution < -0.4 is 9.47 Å². The van der Waals surface area contributed by atoms with E-state index in [1.54, 1.807) is 6.07 Å². The first-order valence-electron chi connectivity index (χ1n) is 6.36. The highest BCUT2D eigenvalue weighted by molar-refractivity contribution is 9.10. The van der Waals surface area contributed by atoms with Gasteiger partial charge in [0.25, 0.3) is 0 Å². The summed E-state index contributed by atoms with van der Waals surface area (Å²) < 4.78 is 17.5. The molecule has 19 heavy (non-hydrogen) atoms. The number of benzene rings is 1. The molecule has 1 aromatic rings. The Morgan fingerprint density at radius 1 is 1.42 bits per heavy atom. The van der Waals surface area contributed by atoms with Crippen molar-refractivity contribution in [2.75, 3.05) is 13.2 Å². The van der Waals surface area contributed by atoms with Crippen molar-refractivity contribution >= 4 is 21.7 Å². The van der Waals surface area contributed by atoms with Crippen LogP contribution >= 0.6 is 15.9 Å². The van der Waals surface area contributed by atoms with Crippen LogP contribution in [0.4, 0.5) is 0 Å². The second kappa shape index (κ2) is 6.91. The third-order valence-electron chi connectivity index (χ3n) is 2.76. The summed E-state index contributed by atoms with van der Waals surface area (Å²) in [5, 5.41) is 0. The van der Waals surface area contributed by atoms with E-state index in [4.69, 9.17) is 14.2 Å². The minimum absolute atomic E-state index is 0.0196. The highest BCUT2D eigenvalue weighted by Gasteiger charge is 2.17. The smallest absolute Gasteiger partial charge is 0.199 e. The van der Waals surface area contributed by atoms with Crippen LogP contribution in [0.5, 0.6) is 11.5 Å². The van der Waals surface area contributed by atoms with Crippen molar-refractivity contribution in [3.05, 3.63) is 22.7 Å². The van der Waals surface area contributed by atoms with Crippen LogP contribution in [0.15, 0.2) is 22.7 Å². The standard InChI is InChI=1S/C14H17BrO4/c1-10(16)9-18-11-5-4-6-12(14(11)15)19-13-7-2-3-8-17-13/h4-6,13H,2-3,7-9H2,1H3/t13-/m1/s1. The third-order valence-corrected chi connectivity index (χ3v) is 3.54. The molecule has 1 aliphatic heterocycles. The quantitative estimate of drug-likeness (QED) is 0.831. The number of hydrogen-bond donors (Lipinski definition) is 0. The molecule has 0 amide bonds. The number of ether oxygens (including phenoxy) is 3. The van der Waals surface area contributed by atoms with E-state index in [1.807, 2.05) is 12.1 Å². The SMILES string of the molecule is CC(=O)COc1cccc(O[C@@H]2CCCCO2)c1Br. The Balaban J connectivity index is 2.03. The molecule has 0 bridgehead atoms. The maximum Gasteiger partial charge on any atom is 0.199 e. The van der Waals surface area contributed by atoms with E-state index in [-0.39, 0.29) is 18.7 Å². The minimum atomic E-state index is -0.201. The molecule has 1 atom stereocenters. The summed E-state index contributed by atoms with van der Waals surface area (Å²) in [5.74, 6) is 1.25. The molecule has 0 aromatic heterocycles. The van der Waals surface area contributed by atoms with Crippen molar-refractivity contribution in [3.63, 3.8) is 0 Å². The van der Waals surface area contributed by atoms with Crippen molar-refractivity contribution in [1.29, 1.82) is 0 Å². The topological polar surface area (TPSA) is 44.8 Å². The number of halogens is 1. The summed E-state index contributed by atoms with van der Waals surface area (Å²) in [6.07, 6.45) is 2.89. The van der Waals surface area contributed by atoms with E-state index in [1.165, 1.54) is 6.92 Å². The molecule has 0 aliphatic carbocycles. The summed E-state index contributed by atoms with van der Waals surface area (Å²) in [7, 11) is 0. The average molecular weight is 329 g/mol. The zero-order valence-electron chi connectivity index (χ0n) is 10.9. The van der Waals surface area contributed by atoms with Crippen molar-refractivity contribution in [3.8, 4) is 11.5 Å². The molecule has 104 valence electrons. The second-order valence-corrected chi connectivity index (χ2v) is 5.27. The summed E-state index contributed by atoms with van der Waals surface area (Å²) >= 11 is 3.44. The molecule has 0 radical (unpaired) electrons. The van der Waals surface area contributed by atoms with Crippen molar-refractivity contribution < 1.29 is 19.0 Å². The molecule has 4 nitrogen and oxygen atoms in total. The first-order chi connectivity index (χ1) is 9.16. The van der Waals surface area contributed by atoms with Crippen LogP contribution in [0.1, 0.15) is 26.2 Å². The number of hydrogen-bond acceptors (Lipinski definition) is 4. The first-order valence-corrected chi connectivity index (χ1v) is 7.15. The van der Waals surface area contributed by atoms with Gasteiger partial charge in [-0.1, -0.05) is 6.07 Å². The number of ketones is 1. The molecular formula is C14H17BrO4. The Kier molecular flexibility index (Phi) is 5.22. The Morgan fingerprint density at radius 3 is 2.89 bits per heavy atom. The van der Waals surface area contributed by atoms with Gasteiger partial charge in [-0.15, -0.1) is 0 Å². The Labute approximate surface area is 121 Å². The first kappa shape index (κ1) is 14.3. The van der Waals surface area contributed by atoms with E-state index in [2.05, 4.69) is 15.9 Å². The molecule has 0 saturated carbocycles. The molecule has 0 N–H and O–H groups in total. The van der Waals surface area contributed by atoms with Gasteiger partial charge in [0.2, 0.25) is 0 Å². The maximum atomic E-state index is 10.9. The molecular weight excluding hydrogens is 312 g/mol. The molecule has 1 fully saturated rings. The van der Waals surface area contributed by atoms with Crippen molar-refractivity contribution in [2.45, 2.75) is 32.5 Å². The van der Waals surface area contributed by atoms with Gasteiger partial charge in [0.15, 0.2) is 12.1 Å². The monoisotopic (exact) mass is 328 g/mol. The molecule has 2 rings (SSSR count). The lowest BCUT2D eigenvalue weighted by Crippen LogP contribution is -2.25. The molecule has 1 aromatic carbocycles. The van der Waals surface area contributed by atoms with Gasteiger partial charge in [0, 0.05) is 6.42 Å². The molecule has 1 aliphatic rings. The fourth-order valence-corrected chi connectivity index (χ4v) is 2.29. The predicted molar refractivity (Wildman–Crippen MR) is 74.5 cm³/mol. The molecule has 0 unspecified atom stereocenters. The highest BCUT2D eigenvalue weighted by atomic mass is 79.9. The number of carbonyl (C=O) groups excluding carboxylic acids is 1. The summed E-state index contributed by atoms with van der Waals surface area (Å²) in [4.78, 5) is 10.9. The van der Waals surface area contributed by atoms with Gasteiger partial charge < -0.3 is 14.2 Å². The lowest BCUT2D eigenvalue weighted by atomic mass is 10.2. The van der Waals surface area contributed by atoms with Gasteiger partial charge in [0.05, 0.1) is 6.61 Å². The van der Waals surface area contributed by atoms with Gasteiger partial charge in [-0.2, -0.15) is 0 Å². The fraction of sp³-hybridized carbons (Fsp3) is 0.500. The number of Topliss-reactive ketones (excluding diaryl/α,β-unsaturated/α-hetero) is 1. The molecule has 1 heterocycles. The lowest BCUT2D eigenvalue weighted by Gasteiger charge is -2.24. The predicted octanol–water partition coefficient (Wildman–Crippen LogP) is 3.32. The van der Waals surface area contributed by atoms with Crippen LogP contribution in [0.2, 0.25) is 0 Å². The summed E-state index contributed by atoms with van der Waals surface area (Å²) in [5.41, 5.74) is 0. The van der Waals surface area contributed by atoms with Gasteiger partial charge in [-0.25, -0.2) is 0 Å². The normalized spacial score (nSPS) is 18.9. The largest absolute Gasteiger partial charge is 0.485 e. The van der Waals surface area contributed by atoms with Gasteiger partial charge >= 0.3 is 0 Å². The van der Waals surface area contributed by atoms with Crippen molar-refractivity contribution in [1.82, 2.24) is 0 Å². The van der Waals surface area contributed by atoms with E-state index < -0.39 is 0 Å². The van der Waals surface area contributed by atoms with E-state index in [0.717, 1.165) is 25.9 Å².